The van der Waals surface area contributed by atoms with E-state index in [-0.39, 0.29) is 11.2 Å². The summed E-state index contributed by atoms with van der Waals surface area (Å²) in [7, 11) is 0. The summed E-state index contributed by atoms with van der Waals surface area (Å²) < 4.78 is 1.81. The summed E-state index contributed by atoms with van der Waals surface area (Å²) in [5, 5.41) is 24.9. The lowest BCUT2D eigenvalue weighted by atomic mass is 9.99. The number of H-pyrrole nitrogens is 1. The van der Waals surface area contributed by atoms with Gasteiger partial charge in [-0.15, -0.1) is 5.10 Å². The number of hydrogen-bond acceptors (Lipinski definition) is 8. The van der Waals surface area contributed by atoms with Crippen molar-refractivity contribution in [2.75, 3.05) is 31.1 Å². The number of aromatic nitrogens is 5. The largest absolute Gasteiger partial charge is 0.369 e. The van der Waals surface area contributed by atoms with E-state index < -0.39 is 11.0 Å². The van der Waals surface area contributed by atoms with Crippen molar-refractivity contribution in [1.29, 1.82) is 0 Å². The van der Waals surface area contributed by atoms with Gasteiger partial charge in [-0.1, -0.05) is 42.5 Å². The molecule has 5 aromatic rings. The molecule has 3 aromatic carbocycles. The first-order chi connectivity index (χ1) is 20.4. The molecule has 6 rings (SSSR count). The highest BCUT2D eigenvalue weighted by atomic mass is 16.6. The normalized spacial score (nSPS) is 14.8. The maximum absolute atomic E-state index is 13.7. The third kappa shape index (κ3) is 5.38. The Morgan fingerprint density at radius 2 is 1.71 bits per heavy atom. The van der Waals surface area contributed by atoms with Crippen LogP contribution in [0.5, 0.6) is 0 Å². The van der Waals surface area contributed by atoms with Crippen molar-refractivity contribution in [2.45, 2.75) is 32.9 Å². The van der Waals surface area contributed by atoms with Crippen LogP contribution in [-0.4, -0.2) is 61.2 Å². The smallest absolute Gasteiger partial charge is 0.269 e. The molecule has 0 saturated carbocycles. The van der Waals surface area contributed by atoms with E-state index in [0.29, 0.717) is 44.1 Å². The van der Waals surface area contributed by atoms with Crippen LogP contribution in [0.25, 0.3) is 10.9 Å². The number of hydrogen-bond donors (Lipinski definition) is 1. The van der Waals surface area contributed by atoms with E-state index in [1.165, 1.54) is 17.7 Å². The summed E-state index contributed by atoms with van der Waals surface area (Å²) >= 11 is 0. The minimum atomic E-state index is -0.454. The van der Waals surface area contributed by atoms with Crippen molar-refractivity contribution >= 4 is 22.3 Å². The van der Waals surface area contributed by atoms with Crippen molar-refractivity contribution < 1.29 is 4.92 Å². The van der Waals surface area contributed by atoms with Crippen LogP contribution in [0.2, 0.25) is 0 Å². The van der Waals surface area contributed by atoms with Crippen LogP contribution in [0.3, 0.4) is 0 Å². The molecule has 1 saturated heterocycles. The zero-order valence-electron chi connectivity index (χ0n) is 23.6. The molecular weight excluding hydrogens is 532 g/mol. The van der Waals surface area contributed by atoms with Gasteiger partial charge in [0.15, 0.2) is 5.82 Å². The summed E-state index contributed by atoms with van der Waals surface area (Å²) in [6.45, 7) is 7.30. The Balaban J connectivity index is 1.34. The lowest BCUT2D eigenvalue weighted by molar-refractivity contribution is -0.384. The molecule has 3 heterocycles. The number of nitrogens with one attached hydrogen (secondary N) is 1. The zero-order chi connectivity index (χ0) is 29.2. The predicted octanol–water partition coefficient (Wildman–Crippen LogP) is 4.19. The molecule has 0 aliphatic carbocycles. The highest BCUT2D eigenvalue weighted by molar-refractivity contribution is 5.83. The second-order valence-corrected chi connectivity index (χ2v) is 10.7. The van der Waals surface area contributed by atoms with Crippen molar-refractivity contribution in [1.82, 2.24) is 30.1 Å². The fourth-order valence-corrected chi connectivity index (χ4v) is 5.71. The number of pyridine rings is 1. The molecular formula is C31H32N8O3. The van der Waals surface area contributed by atoms with E-state index in [1.54, 1.807) is 12.1 Å². The van der Waals surface area contributed by atoms with Gasteiger partial charge in [-0.25, -0.2) is 4.68 Å². The number of tetrazole rings is 1. The molecule has 214 valence electrons. The van der Waals surface area contributed by atoms with Gasteiger partial charge in [-0.05, 0) is 71.0 Å². The zero-order valence-corrected chi connectivity index (χ0v) is 23.6. The van der Waals surface area contributed by atoms with Gasteiger partial charge in [0.05, 0.1) is 10.4 Å². The average molecular weight is 565 g/mol. The van der Waals surface area contributed by atoms with Crippen LogP contribution >= 0.6 is 0 Å². The lowest BCUT2D eigenvalue weighted by Crippen LogP contribution is -2.49. The van der Waals surface area contributed by atoms with Crippen molar-refractivity contribution in [3.8, 4) is 0 Å². The molecule has 1 N–H and O–H groups in total. The Morgan fingerprint density at radius 3 is 2.43 bits per heavy atom. The number of fused-ring (bicyclic) bond motifs is 1. The highest BCUT2D eigenvalue weighted by Gasteiger charge is 2.33. The second kappa shape index (κ2) is 11.5. The Hall–Kier alpha value is -4.90. The molecule has 0 bridgehead atoms. The number of nitro benzene ring substituents is 1. The number of benzene rings is 3. The molecule has 11 heteroatoms. The first-order valence-corrected chi connectivity index (χ1v) is 14.1. The number of nitro groups is 1. The average Bonchev–Trinajstić information content (AvgIpc) is 3.48. The van der Waals surface area contributed by atoms with Gasteiger partial charge in [0, 0.05) is 56.1 Å². The van der Waals surface area contributed by atoms with Gasteiger partial charge in [0.1, 0.15) is 6.04 Å². The number of aromatic amines is 1. The summed E-state index contributed by atoms with van der Waals surface area (Å²) in [5.41, 5.74) is 5.64. The summed E-state index contributed by atoms with van der Waals surface area (Å²) in [4.78, 5) is 32.0. The predicted molar refractivity (Wildman–Crippen MR) is 161 cm³/mol. The van der Waals surface area contributed by atoms with E-state index in [9.17, 15) is 14.9 Å². The molecule has 0 unspecified atom stereocenters. The van der Waals surface area contributed by atoms with Crippen LogP contribution in [0.15, 0.2) is 77.6 Å². The van der Waals surface area contributed by atoms with Gasteiger partial charge >= 0.3 is 0 Å². The van der Waals surface area contributed by atoms with Crippen molar-refractivity contribution in [2.24, 2.45) is 0 Å². The van der Waals surface area contributed by atoms with Crippen molar-refractivity contribution in [3.05, 3.63) is 121 Å². The first kappa shape index (κ1) is 27.3. The van der Waals surface area contributed by atoms with Crippen LogP contribution in [0.4, 0.5) is 11.4 Å². The fourth-order valence-electron chi connectivity index (χ4n) is 5.71. The van der Waals surface area contributed by atoms with Gasteiger partial charge in [-0.3, -0.25) is 19.8 Å². The maximum atomic E-state index is 13.7. The summed E-state index contributed by atoms with van der Waals surface area (Å²) in [5.74, 6) is 0.628. The molecule has 0 radical (unpaired) electrons. The molecule has 0 amide bonds. The third-order valence-electron chi connectivity index (χ3n) is 8.24. The van der Waals surface area contributed by atoms with Gasteiger partial charge < -0.3 is 9.88 Å². The molecule has 2 aromatic heterocycles. The highest BCUT2D eigenvalue weighted by Crippen LogP contribution is 2.30. The van der Waals surface area contributed by atoms with Crippen LogP contribution in [0.1, 0.15) is 34.1 Å². The van der Waals surface area contributed by atoms with Gasteiger partial charge in [-0.2, -0.15) is 0 Å². The van der Waals surface area contributed by atoms with Crippen molar-refractivity contribution in [3.63, 3.8) is 0 Å². The summed E-state index contributed by atoms with van der Waals surface area (Å²) in [6, 6.07) is 22.5. The van der Waals surface area contributed by atoms with Crippen LogP contribution in [-0.2, 0) is 13.0 Å². The van der Waals surface area contributed by atoms with E-state index >= 15 is 0 Å². The summed E-state index contributed by atoms with van der Waals surface area (Å²) in [6.07, 6.45) is 0.756. The molecule has 1 aliphatic rings. The van der Waals surface area contributed by atoms with E-state index in [0.717, 1.165) is 34.1 Å². The van der Waals surface area contributed by atoms with Crippen LogP contribution < -0.4 is 10.5 Å². The Morgan fingerprint density at radius 1 is 0.976 bits per heavy atom. The quantitative estimate of drug-likeness (QED) is 0.220. The molecule has 42 heavy (non-hydrogen) atoms. The van der Waals surface area contributed by atoms with E-state index in [1.807, 2.05) is 48.9 Å². The fraction of sp³-hybridized carbons (Fsp3) is 0.290. The minimum absolute atomic E-state index is 0.0701. The number of aryl methyl sites for hydroxylation is 4. The topological polar surface area (TPSA) is 126 Å². The van der Waals surface area contributed by atoms with E-state index in [4.69, 9.17) is 0 Å². The maximum Gasteiger partial charge on any atom is 0.269 e. The number of anilines is 1. The Bertz CT molecular complexity index is 1770. The molecule has 1 aliphatic heterocycles. The SMILES string of the molecule is Cc1ccc2cc([C@@H](c3nnnn3CCc3ccccc3)N3CCN(c4ccc([N+](=O)[O-])cc4)CC3)c(=O)[nH]c2c1C. The molecule has 0 spiro atoms. The Kier molecular flexibility index (Phi) is 7.49. The van der Waals surface area contributed by atoms with Gasteiger partial charge in [0.2, 0.25) is 0 Å². The van der Waals surface area contributed by atoms with E-state index in [2.05, 4.69) is 48.5 Å². The lowest BCUT2D eigenvalue weighted by Gasteiger charge is -2.39. The monoisotopic (exact) mass is 564 g/mol. The Labute approximate surface area is 242 Å². The minimum Gasteiger partial charge on any atom is -0.369 e. The number of rotatable bonds is 8. The molecule has 1 fully saturated rings. The second-order valence-electron chi connectivity index (χ2n) is 10.7. The first-order valence-electron chi connectivity index (χ1n) is 14.1. The number of non-ortho nitro benzene ring substituents is 1. The standard InChI is InChI=1S/C31H32N8O3/c1-21-8-9-24-20-27(31(40)32-28(24)22(21)2)29(30-33-34-35-38(30)15-14-23-6-4-3-5-7-23)37-18-16-36(17-19-37)25-10-12-26(13-11-25)39(41)42/h3-13,20,29H,14-19H2,1-2H3,(H,32,40)/t29-/m0/s1. The number of piperazine rings is 1. The third-order valence-corrected chi connectivity index (χ3v) is 8.24. The van der Waals surface area contributed by atoms with Crippen LogP contribution in [0, 0.1) is 24.0 Å². The number of nitrogens with zero attached hydrogens (tertiary/aromatic N) is 7. The van der Waals surface area contributed by atoms with Gasteiger partial charge in [0.25, 0.3) is 11.2 Å². The molecule has 1 atom stereocenters. The molecule has 11 nitrogen and oxygen atoms in total.